The van der Waals surface area contributed by atoms with Gasteiger partial charge < -0.3 is 14.8 Å². The number of methoxy groups -OCH3 is 1. The van der Waals surface area contributed by atoms with E-state index < -0.39 is 0 Å². The number of morpholine rings is 1. The summed E-state index contributed by atoms with van der Waals surface area (Å²) in [6.07, 6.45) is 0.169. The summed E-state index contributed by atoms with van der Waals surface area (Å²) in [5.41, 5.74) is 1.80. The smallest absolute Gasteiger partial charge is 0.241 e. The van der Waals surface area contributed by atoms with E-state index >= 15 is 0 Å². The molecule has 0 aliphatic carbocycles. The van der Waals surface area contributed by atoms with Gasteiger partial charge in [-0.25, -0.2) is 0 Å². The molecule has 1 aliphatic rings. The van der Waals surface area contributed by atoms with Gasteiger partial charge in [-0.05, 0) is 38.5 Å². The molecule has 1 aromatic carbocycles. The van der Waals surface area contributed by atoms with Crippen LogP contribution >= 0.6 is 0 Å². The molecular formula is C16H24N2O3. The molecule has 21 heavy (non-hydrogen) atoms. The summed E-state index contributed by atoms with van der Waals surface area (Å²) in [7, 11) is 1.60. The van der Waals surface area contributed by atoms with Crippen molar-refractivity contribution in [2.75, 3.05) is 32.1 Å². The lowest BCUT2D eigenvalue weighted by Crippen LogP contribution is -2.50. The Hall–Kier alpha value is -1.59. The molecule has 0 spiro atoms. The minimum atomic E-state index is -0.193. The number of hydrogen-bond acceptors (Lipinski definition) is 4. The predicted molar refractivity (Wildman–Crippen MR) is 82.8 cm³/mol. The van der Waals surface area contributed by atoms with Gasteiger partial charge in [0.05, 0.1) is 31.5 Å². The summed E-state index contributed by atoms with van der Waals surface area (Å²) in [4.78, 5) is 14.6. The van der Waals surface area contributed by atoms with Crippen LogP contribution in [0.4, 0.5) is 5.69 Å². The molecular weight excluding hydrogens is 268 g/mol. The van der Waals surface area contributed by atoms with Gasteiger partial charge in [0, 0.05) is 13.1 Å². The molecule has 1 N–H and O–H groups in total. The van der Waals surface area contributed by atoms with Crippen LogP contribution < -0.4 is 10.1 Å². The molecule has 1 heterocycles. The molecule has 0 bridgehead atoms. The van der Waals surface area contributed by atoms with Gasteiger partial charge in [-0.15, -0.1) is 0 Å². The molecule has 1 amide bonds. The highest BCUT2D eigenvalue weighted by molar-refractivity contribution is 5.95. The van der Waals surface area contributed by atoms with Crippen molar-refractivity contribution in [3.63, 3.8) is 0 Å². The number of nitrogens with zero attached hydrogens (tertiary/aromatic N) is 1. The molecule has 0 saturated carbocycles. The Labute approximate surface area is 126 Å². The third-order valence-electron chi connectivity index (χ3n) is 3.81. The third-order valence-corrected chi connectivity index (χ3v) is 3.81. The number of hydrogen-bond donors (Lipinski definition) is 1. The Bertz CT molecular complexity index is 504. The fourth-order valence-electron chi connectivity index (χ4n) is 2.52. The van der Waals surface area contributed by atoms with Gasteiger partial charge in [-0.1, -0.05) is 6.07 Å². The monoisotopic (exact) mass is 292 g/mol. The SMILES string of the molecule is COc1ccc(C)cc1NC(=O)[C@@H](C)N1CCO[C@H](C)C1. The summed E-state index contributed by atoms with van der Waals surface area (Å²) < 4.78 is 10.8. The minimum absolute atomic E-state index is 0.0204. The number of carbonyl (C=O) groups excluding carboxylic acids is 1. The second-order valence-electron chi connectivity index (χ2n) is 5.55. The quantitative estimate of drug-likeness (QED) is 0.923. The maximum atomic E-state index is 12.4. The van der Waals surface area contributed by atoms with Crippen LogP contribution in [0.15, 0.2) is 18.2 Å². The molecule has 1 fully saturated rings. The van der Waals surface area contributed by atoms with Crippen LogP contribution in [-0.4, -0.2) is 49.8 Å². The number of nitrogens with one attached hydrogen (secondary N) is 1. The van der Waals surface area contributed by atoms with E-state index in [-0.39, 0.29) is 18.1 Å². The van der Waals surface area contributed by atoms with E-state index in [1.54, 1.807) is 7.11 Å². The minimum Gasteiger partial charge on any atom is -0.495 e. The number of benzene rings is 1. The van der Waals surface area contributed by atoms with Crippen LogP contribution in [0.2, 0.25) is 0 Å². The highest BCUT2D eigenvalue weighted by atomic mass is 16.5. The van der Waals surface area contributed by atoms with Gasteiger partial charge in [0.2, 0.25) is 5.91 Å². The first-order chi connectivity index (χ1) is 10.0. The first-order valence-corrected chi connectivity index (χ1v) is 7.32. The number of rotatable bonds is 4. The van der Waals surface area contributed by atoms with Gasteiger partial charge in [0.1, 0.15) is 5.75 Å². The van der Waals surface area contributed by atoms with Crippen molar-refractivity contribution in [1.82, 2.24) is 4.90 Å². The van der Waals surface area contributed by atoms with Gasteiger partial charge in [0.15, 0.2) is 0 Å². The summed E-state index contributed by atoms with van der Waals surface area (Å²) >= 11 is 0. The molecule has 2 rings (SSSR count). The summed E-state index contributed by atoms with van der Waals surface area (Å²) in [5, 5.41) is 2.97. The van der Waals surface area contributed by atoms with Gasteiger partial charge >= 0.3 is 0 Å². The van der Waals surface area contributed by atoms with Crippen molar-refractivity contribution in [2.24, 2.45) is 0 Å². The van der Waals surface area contributed by atoms with E-state index in [1.807, 2.05) is 39.0 Å². The molecule has 5 heteroatoms. The van der Waals surface area contributed by atoms with Crippen LogP contribution in [0.25, 0.3) is 0 Å². The lowest BCUT2D eigenvalue weighted by atomic mass is 10.1. The molecule has 2 atom stereocenters. The second kappa shape index (κ2) is 6.91. The van der Waals surface area contributed by atoms with Gasteiger partial charge in [0.25, 0.3) is 0 Å². The molecule has 0 aromatic heterocycles. The molecule has 0 unspecified atom stereocenters. The zero-order valence-electron chi connectivity index (χ0n) is 13.2. The zero-order valence-corrected chi connectivity index (χ0v) is 13.2. The van der Waals surface area contributed by atoms with Crippen molar-refractivity contribution >= 4 is 11.6 Å². The molecule has 5 nitrogen and oxygen atoms in total. The topological polar surface area (TPSA) is 50.8 Å². The zero-order chi connectivity index (χ0) is 15.4. The van der Waals surface area contributed by atoms with Crippen molar-refractivity contribution in [2.45, 2.75) is 32.9 Å². The standard InChI is InChI=1S/C16H24N2O3/c1-11-5-6-15(20-4)14(9-11)17-16(19)13(3)18-7-8-21-12(2)10-18/h5-6,9,12-13H,7-8,10H2,1-4H3,(H,17,19)/t12-,13-/m1/s1. The summed E-state index contributed by atoms with van der Waals surface area (Å²) in [6.45, 7) is 8.17. The van der Waals surface area contributed by atoms with E-state index in [2.05, 4.69) is 10.2 Å². The van der Waals surface area contributed by atoms with E-state index in [0.29, 0.717) is 12.4 Å². The Kier molecular flexibility index (Phi) is 5.20. The van der Waals surface area contributed by atoms with E-state index in [4.69, 9.17) is 9.47 Å². The van der Waals surface area contributed by atoms with Crippen molar-refractivity contribution in [3.8, 4) is 5.75 Å². The lowest BCUT2D eigenvalue weighted by Gasteiger charge is -2.34. The average Bonchev–Trinajstić information content (AvgIpc) is 2.46. The van der Waals surface area contributed by atoms with Crippen LogP contribution in [0, 0.1) is 6.92 Å². The highest BCUT2D eigenvalue weighted by Crippen LogP contribution is 2.25. The first-order valence-electron chi connectivity index (χ1n) is 7.32. The molecule has 1 saturated heterocycles. The van der Waals surface area contributed by atoms with Crippen LogP contribution in [0.5, 0.6) is 5.75 Å². The van der Waals surface area contributed by atoms with Gasteiger partial charge in [-0.2, -0.15) is 0 Å². The maximum Gasteiger partial charge on any atom is 0.241 e. The number of amides is 1. The Morgan fingerprint density at radius 1 is 1.52 bits per heavy atom. The van der Waals surface area contributed by atoms with E-state index in [9.17, 15) is 4.79 Å². The van der Waals surface area contributed by atoms with Crippen LogP contribution in [0.3, 0.4) is 0 Å². The number of ether oxygens (including phenoxy) is 2. The second-order valence-corrected chi connectivity index (χ2v) is 5.55. The fraction of sp³-hybridized carbons (Fsp3) is 0.562. The van der Waals surface area contributed by atoms with Crippen LogP contribution in [0.1, 0.15) is 19.4 Å². The Morgan fingerprint density at radius 3 is 2.95 bits per heavy atom. The maximum absolute atomic E-state index is 12.4. The molecule has 116 valence electrons. The predicted octanol–water partition coefficient (Wildman–Crippen LogP) is 2.05. The molecule has 0 radical (unpaired) electrons. The summed E-state index contributed by atoms with van der Waals surface area (Å²) in [6, 6.07) is 5.56. The summed E-state index contributed by atoms with van der Waals surface area (Å²) in [5.74, 6) is 0.657. The fourth-order valence-corrected chi connectivity index (χ4v) is 2.52. The molecule has 1 aliphatic heterocycles. The molecule has 1 aromatic rings. The third kappa shape index (κ3) is 3.95. The normalized spacial score (nSPS) is 20.9. The Morgan fingerprint density at radius 2 is 2.29 bits per heavy atom. The van der Waals surface area contributed by atoms with Crippen molar-refractivity contribution in [3.05, 3.63) is 23.8 Å². The number of carbonyl (C=O) groups is 1. The Balaban J connectivity index is 2.05. The van der Waals surface area contributed by atoms with Crippen molar-refractivity contribution in [1.29, 1.82) is 0 Å². The number of anilines is 1. The van der Waals surface area contributed by atoms with Crippen LogP contribution in [-0.2, 0) is 9.53 Å². The first kappa shape index (κ1) is 15.8. The van der Waals surface area contributed by atoms with Crippen molar-refractivity contribution < 1.29 is 14.3 Å². The van der Waals surface area contributed by atoms with Gasteiger partial charge in [-0.3, -0.25) is 9.69 Å². The highest BCUT2D eigenvalue weighted by Gasteiger charge is 2.26. The largest absolute Gasteiger partial charge is 0.495 e. The van der Waals surface area contributed by atoms with E-state index in [1.165, 1.54) is 0 Å². The van der Waals surface area contributed by atoms with E-state index in [0.717, 1.165) is 24.3 Å². The average molecular weight is 292 g/mol. The lowest BCUT2D eigenvalue weighted by molar-refractivity contribution is -0.123. The number of aryl methyl sites for hydroxylation is 1.